The Morgan fingerprint density at radius 2 is 1.88 bits per heavy atom. The molecule has 0 atom stereocenters. The summed E-state index contributed by atoms with van der Waals surface area (Å²) >= 11 is 0. The third-order valence-electron chi connectivity index (χ3n) is 2.78. The zero-order valence-electron chi connectivity index (χ0n) is 10.8. The van der Waals surface area contributed by atoms with Crippen molar-refractivity contribution >= 4 is 12.0 Å². The van der Waals surface area contributed by atoms with Gasteiger partial charge in [0.2, 0.25) is 5.91 Å². The summed E-state index contributed by atoms with van der Waals surface area (Å²) in [5.74, 6) is 0.301. The van der Waals surface area contributed by atoms with Crippen LogP contribution in [-0.4, -0.2) is 29.5 Å². The number of amides is 1. The number of hydrogen-bond donors (Lipinski definition) is 1. The zero-order chi connectivity index (χ0) is 13.0. The van der Waals surface area contributed by atoms with Crippen molar-refractivity contribution < 1.29 is 9.90 Å². The summed E-state index contributed by atoms with van der Waals surface area (Å²) in [6.07, 6.45) is 3.32. The Kier molecular flexibility index (Phi) is 4.32. The van der Waals surface area contributed by atoms with E-state index in [0.29, 0.717) is 12.3 Å². The van der Waals surface area contributed by atoms with E-state index >= 15 is 0 Å². The quantitative estimate of drug-likeness (QED) is 0.815. The van der Waals surface area contributed by atoms with Gasteiger partial charge in [0.15, 0.2) is 0 Å². The maximum Gasteiger partial charge on any atom is 0.246 e. The van der Waals surface area contributed by atoms with E-state index in [2.05, 4.69) is 0 Å². The van der Waals surface area contributed by atoms with Crippen LogP contribution in [0.2, 0.25) is 0 Å². The summed E-state index contributed by atoms with van der Waals surface area (Å²) in [5.41, 5.74) is 2.57. The number of likely N-dealkylation sites (N-methyl/N-ethyl adjacent to an activating group) is 1. The molecule has 1 N–H and O–H groups in total. The van der Waals surface area contributed by atoms with Crippen LogP contribution in [0.15, 0.2) is 18.2 Å². The normalized spacial score (nSPS) is 10.8. The van der Waals surface area contributed by atoms with Gasteiger partial charge in [-0.1, -0.05) is 0 Å². The fourth-order valence-electron chi connectivity index (χ4n) is 1.54. The highest BCUT2D eigenvalue weighted by atomic mass is 16.3. The fourth-order valence-corrected chi connectivity index (χ4v) is 1.54. The van der Waals surface area contributed by atoms with Crippen LogP contribution in [0.5, 0.6) is 5.75 Å². The van der Waals surface area contributed by atoms with E-state index in [4.69, 9.17) is 0 Å². The number of aromatic hydroxyl groups is 1. The van der Waals surface area contributed by atoms with Crippen molar-refractivity contribution in [2.45, 2.75) is 20.8 Å². The molecule has 1 aromatic carbocycles. The first-order valence-corrected chi connectivity index (χ1v) is 5.69. The van der Waals surface area contributed by atoms with Crippen LogP contribution in [0.3, 0.4) is 0 Å². The number of hydrogen-bond acceptors (Lipinski definition) is 2. The van der Waals surface area contributed by atoms with Gasteiger partial charge in [-0.3, -0.25) is 4.79 Å². The maximum atomic E-state index is 11.6. The van der Waals surface area contributed by atoms with Crippen molar-refractivity contribution in [3.05, 3.63) is 34.9 Å². The van der Waals surface area contributed by atoms with Crippen molar-refractivity contribution in [3.8, 4) is 5.75 Å². The van der Waals surface area contributed by atoms with Crippen molar-refractivity contribution in [2.24, 2.45) is 0 Å². The largest absolute Gasteiger partial charge is 0.507 e. The molecule has 0 saturated heterocycles. The Morgan fingerprint density at radius 1 is 1.35 bits per heavy atom. The Labute approximate surface area is 102 Å². The predicted molar refractivity (Wildman–Crippen MR) is 69.9 cm³/mol. The van der Waals surface area contributed by atoms with E-state index in [9.17, 15) is 9.90 Å². The van der Waals surface area contributed by atoms with E-state index in [1.807, 2.05) is 32.9 Å². The minimum absolute atomic E-state index is 0.0177. The van der Waals surface area contributed by atoms with Gasteiger partial charge in [-0.25, -0.2) is 0 Å². The van der Waals surface area contributed by atoms with Gasteiger partial charge in [0.05, 0.1) is 0 Å². The van der Waals surface area contributed by atoms with Gasteiger partial charge in [0.1, 0.15) is 5.75 Å². The molecule has 0 heterocycles. The van der Waals surface area contributed by atoms with Gasteiger partial charge >= 0.3 is 0 Å². The fraction of sp³-hybridized carbons (Fsp3) is 0.357. The highest BCUT2D eigenvalue weighted by Crippen LogP contribution is 2.23. The molecule has 1 aromatic rings. The van der Waals surface area contributed by atoms with Crippen molar-refractivity contribution in [1.82, 2.24) is 4.90 Å². The first-order valence-electron chi connectivity index (χ1n) is 5.69. The molecular weight excluding hydrogens is 214 g/mol. The molecule has 0 bridgehead atoms. The van der Waals surface area contributed by atoms with Crippen LogP contribution in [0, 0.1) is 13.8 Å². The molecule has 0 aliphatic heterocycles. The van der Waals surface area contributed by atoms with Gasteiger partial charge < -0.3 is 10.0 Å². The summed E-state index contributed by atoms with van der Waals surface area (Å²) in [6.45, 7) is 6.32. The maximum absolute atomic E-state index is 11.6. The van der Waals surface area contributed by atoms with Crippen LogP contribution in [0.25, 0.3) is 6.08 Å². The smallest absolute Gasteiger partial charge is 0.246 e. The lowest BCUT2D eigenvalue weighted by molar-refractivity contribution is -0.124. The highest BCUT2D eigenvalue weighted by molar-refractivity contribution is 5.91. The zero-order valence-corrected chi connectivity index (χ0v) is 10.8. The molecule has 17 heavy (non-hydrogen) atoms. The van der Waals surface area contributed by atoms with Crippen LogP contribution in [0.1, 0.15) is 23.6 Å². The molecule has 92 valence electrons. The second-order valence-electron chi connectivity index (χ2n) is 4.19. The third-order valence-corrected chi connectivity index (χ3v) is 2.78. The number of benzene rings is 1. The van der Waals surface area contributed by atoms with Gasteiger partial charge in [0, 0.05) is 19.7 Å². The monoisotopic (exact) mass is 233 g/mol. The molecule has 0 spiro atoms. The molecule has 1 rings (SSSR count). The Morgan fingerprint density at radius 3 is 2.35 bits per heavy atom. The molecule has 0 aromatic heterocycles. The molecule has 0 unspecified atom stereocenters. The molecule has 0 saturated carbocycles. The van der Waals surface area contributed by atoms with Crippen LogP contribution in [0.4, 0.5) is 0 Å². The number of carbonyl (C=O) groups is 1. The standard InChI is InChI=1S/C14H19NO2/c1-5-15(4)13(16)7-6-12-8-10(2)14(17)11(3)9-12/h6-9,17H,5H2,1-4H3. The first kappa shape index (κ1) is 13.3. The van der Waals surface area contributed by atoms with Gasteiger partial charge in [-0.15, -0.1) is 0 Å². The number of phenols is 1. The minimum atomic E-state index is -0.0177. The van der Waals surface area contributed by atoms with E-state index in [0.717, 1.165) is 16.7 Å². The van der Waals surface area contributed by atoms with E-state index < -0.39 is 0 Å². The summed E-state index contributed by atoms with van der Waals surface area (Å²) < 4.78 is 0. The predicted octanol–water partition coefficient (Wildman–Crippen LogP) is 2.50. The molecule has 0 aliphatic carbocycles. The summed E-state index contributed by atoms with van der Waals surface area (Å²) in [6, 6.07) is 3.72. The molecule has 0 aliphatic rings. The number of rotatable bonds is 3. The van der Waals surface area contributed by atoms with Crippen molar-refractivity contribution in [2.75, 3.05) is 13.6 Å². The number of aryl methyl sites for hydroxylation is 2. The average Bonchev–Trinajstić information content (AvgIpc) is 2.31. The van der Waals surface area contributed by atoms with Crippen LogP contribution < -0.4 is 0 Å². The van der Waals surface area contributed by atoms with E-state index in [1.54, 1.807) is 24.1 Å². The Bertz CT molecular complexity index is 427. The highest BCUT2D eigenvalue weighted by Gasteiger charge is 2.03. The summed E-state index contributed by atoms with van der Waals surface area (Å²) in [4.78, 5) is 13.2. The van der Waals surface area contributed by atoms with Crippen LogP contribution >= 0.6 is 0 Å². The average molecular weight is 233 g/mol. The van der Waals surface area contributed by atoms with Gasteiger partial charge in [0.25, 0.3) is 0 Å². The van der Waals surface area contributed by atoms with E-state index in [-0.39, 0.29) is 5.91 Å². The summed E-state index contributed by atoms with van der Waals surface area (Å²) in [7, 11) is 1.76. The van der Waals surface area contributed by atoms with Crippen molar-refractivity contribution in [1.29, 1.82) is 0 Å². The topological polar surface area (TPSA) is 40.5 Å². The lowest BCUT2D eigenvalue weighted by atomic mass is 10.1. The molecule has 0 radical (unpaired) electrons. The van der Waals surface area contributed by atoms with Gasteiger partial charge in [-0.05, 0) is 55.7 Å². The van der Waals surface area contributed by atoms with Gasteiger partial charge in [-0.2, -0.15) is 0 Å². The Hall–Kier alpha value is -1.77. The Balaban J connectivity index is 2.89. The second-order valence-corrected chi connectivity index (χ2v) is 4.19. The van der Waals surface area contributed by atoms with Crippen LogP contribution in [-0.2, 0) is 4.79 Å². The second kappa shape index (κ2) is 5.53. The van der Waals surface area contributed by atoms with E-state index in [1.165, 1.54) is 0 Å². The minimum Gasteiger partial charge on any atom is -0.507 e. The molecule has 3 nitrogen and oxygen atoms in total. The molecule has 0 fully saturated rings. The number of nitrogens with zero attached hydrogens (tertiary/aromatic N) is 1. The molecule has 3 heteroatoms. The molecule has 1 amide bonds. The molecular formula is C14H19NO2. The first-order chi connectivity index (χ1) is 7.95. The van der Waals surface area contributed by atoms with Crippen molar-refractivity contribution in [3.63, 3.8) is 0 Å². The number of carbonyl (C=O) groups excluding carboxylic acids is 1. The third kappa shape index (κ3) is 3.34. The summed E-state index contributed by atoms with van der Waals surface area (Å²) in [5, 5.41) is 9.64. The number of phenolic OH excluding ortho intramolecular Hbond substituents is 1. The SMILES string of the molecule is CCN(C)C(=O)C=Cc1cc(C)c(O)c(C)c1. The lowest BCUT2D eigenvalue weighted by Crippen LogP contribution is -2.23. The lowest BCUT2D eigenvalue weighted by Gasteiger charge is -2.11.